The second-order valence-corrected chi connectivity index (χ2v) is 7.99. The predicted molar refractivity (Wildman–Crippen MR) is 102 cm³/mol. The Bertz CT molecular complexity index is 927. The highest BCUT2D eigenvalue weighted by Gasteiger charge is 2.21. The van der Waals surface area contributed by atoms with E-state index in [2.05, 4.69) is 20.6 Å². The largest absolute Gasteiger partial charge is 0.383 e. The van der Waals surface area contributed by atoms with Crippen molar-refractivity contribution in [1.29, 1.82) is 0 Å². The van der Waals surface area contributed by atoms with E-state index >= 15 is 0 Å². The maximum absolute atomic E-state index is 11.6. The normalized spacial score (nSPS) is 13.8. The molecule has 1 saturated carbocycles. The average molecular weight is 391 g/mol. The van der Waals surface area contributed by atoms with Gasteiger partial charge in [-0.05, 0) is 36.6 Å². The third-order valence-electron chi connectivity index (χ3n) is 3.95. The maximum Gasteiger partial charge on any atom is 0.306 e. The molecule has 1 aliphatic rings. The standard InChI is InChI=1S/C17H21N5O4S/c1-27(24,25)26-13-6-4-12(5-7-13)21-17-20-10-14(15(18)23)16(22-17)19-9-8-11-2-3-11/h4-7,10-11H,2-3,8-9H2,1H3,(H2,18,23)(H2,19,20,21,22). The fourth-order valence-electron chi connectivity index (χ4n) is 2.46. The molecule has 0 unspecified atom stereocenters. The van der Waals surface area contributed by atoms with E-state index in [0.29, 0.717) is 18.1 Å². The zero-order valence-corrected chi connectivity index (χ0v) is 15.6. The van der Waals surface area contributed by atoms with Gasteiger partial charge in [0.1, 0.15) is 11.6 Å². The summed E-state index contributed by atoms with van der Waals surface area (Å²) in [5, 5.41) is 6.14. The van der Waals surface area contributed by atoms with Crippen molar-refractivity contribution < 1.29 is 17.4 Å². The fourth-order valence-corrected chi connectivity index (χ4v) is 2.92. The van der Waals surface area contributed by atoms with E-state index in [1.807, 2.05) is 0 Å². The summed E-state index contributed by atoms with van der Waals surface area (Å²) >= 11 is 0. The van der Waals surface area contributed by atoms with Crippen LogP contribution in [0.5, 0.6) is 5.75 Å². The molecule has 10 heteroatoms. The summed E-state index contributed by atoms with van der Waals surface area (Å²) in [5.74, 6) is 1.03. The van der Waals surface area contributed by atoms with Gasteiger partial charge in [0.05, 0.1) is 11.8 Å². The van der Waals surface area contributed by atoms with Crippen molar-refractivity contribution in [1.82, 2.24) is 9.97 Å². The van der Waals surface area contributed by atoms with Gasteiger partial charge in [0.2, 0.25) is 5.95 Å². The lowest BCUT2D eigenvalue weighted by molar-refractivity contribution is 0.100. The van der Waals surface area contributed by atoms with E-state index in [9.17, 15) is 13.2 Å². The van der Waals surface area contributed by atoms with E-state index in [4.69, 9.17) is 9.92 Å². The summed E-state index contributed by atoms with van der Waals surface area (Å²) in [4.78, 5) is 20.0. The monoisotopic (exact) mass is 391 g/mol. The Kier molecular flexibility index (Phi) is 5.45. The number of nitrogens with zero attached hydrogens (tertiary/aromatic N) is 2. The Morgan fingerprint density at radius 1 is 1.30 bits per heavy atom. The molecule has 144 valence electrons. The van der Waals surface area contributed by atoms with Crippen LogP contribution in [-0.2, 0) is 10.1 Å². The molecule has 2 aromatic rings. The molecule has 3 rings (SSSR count). The number of rotatable bonds is 9. The molecule has 4 N–H and O–H groups in total. The quantitative estimate of drug-likeness (QED) is 0.551. The molecule has 0 atom stereocenters. The number of hydrogen-bond donors (Lipinski definition) is 3. The van der Waals surface area contributed by atoms with Crippen LogP contribution >= 0.6 is 0 Å². The number of carbonyl (C=O) groups is 1. The molecule has 1 aromatic heterocycles. The van der Waals surface area contributed by atoms with E-state index < -0.39 is 16.0 Å². The molecule has 0 saturated heterocycles. The van der Waals surface area contributed by atoms with Crippen LogP contribution in [0.1, 0.15) is 29.6 Å². The molecule has 1 heterocycles. The van der Waals surface area contributed by atoms with Gasteiger partial charge in [0, 0.05) is 18.4 Å². The SMILES string of the molecule is CS(=O)(=O)Oc1ccc(Nc2ncc(C(N)=O)c(NCCC3CC3)n2)cc1. The molecule has 1 fully saturated rings. The molecule has 0 aliphatic heterocycles. The zero-order valence-electron chi connectivity index (χ0n) is 14.8. The first-order valence-corrected chi connectivity index (χ1v) is 10.3. The number of carbonyl (C=O) groups excluding carboxylic acids is 1. The highest BCUT2D eigenvalue weighted by molar-refractivity contribution is 7.86. The molecule has 1 aliphatic carbocycles. The average Bonchev–Trinajstić information content (AvgIpc) is 3.40. The highest BCUT2D eigenvalue weighted by atomic mass is 32.2. The molecule has 0 radical (unpaired) electrons. The molecule has 27 heavy (non-hydrogen) atoms. The fraction of sp³-hybridized carbons (Fsp3) is 0.353. The minimum Gasteiger partial charge on any atom is -0.383 e. The summed E-state index contributed by atoms with van der Waals surface area (Å²) in [7, 11) is -3.58. The Balaban J connectivity index is 1.70. The number of primary amides is 1. The summed E-state index contributed by atoms with van der Waals surface area (Å²) in [6, 6.07) is 6.28. The number of benzene rings is 1. The Morgan fingerprint density at radius 2 is 2.00 bits per heavy atom. The van der Waals surface area contributed by atoms with Crippen molar-refractivity contribution in [2.75, 3.05) is 23.4 Å². The molecule has 1 aromatic carbocycles. The van der Waals surface area contributed by atoms with E-state index in [0.717, 1.165) is 18.6 Å². The number of hydrogen-bond acceptors (Lipinski definition) is 8. The van der Waals surface area contributed by atoms with Gasteiger partial charge >= 0.3 is 10.1 Å². The lowest BCUT2D eigenvalue weighted by Crippen LogP contribution is -2.17. The van der Waals surface area contributed by atoms with Gasteiger partial charge in [-0.3, -0.25) is 4.79 Å². The Hall–Kier alpha value is -2.88. The smallest absolute Gasteiger partial charge is 0.306 e. The predicted octanol–water partition coefficient (Wildman–Crippen LogP) is 1.87. The number of anilines is 3. The first kappa shape index (κ1) is 18.9. The lowest BCUT2D eigenvalue weighted by atomic mass is 10.2. The number of aromatic nitrogens is 2. The van der Waals surface area contributed by atoms with Gasteiger partial charge in [-0.2, -0.15) is 13.4 Å². The van der Waals surface area contributed by atoms with Crippen LogP contribution in [0.4, 0.5) is 17.5 Å². The maximum atomic E-state index is 11.6. The van der Waals surface area contributed by atoms with Crippen LogP contribution in [0.3, 0.4) is 0 Å². The summed E-state index contributed by atoms with van der Waals surface area (Å²) in [6.45, 7) is 0.707. The second-order valence-electron chi connectivity index (χ2n) is 6.42. The van der Waals surface area contributed by atoms with E-state index in [-0.39, 0.29) is 17.3 Å². The zero-order chi connectivity index (χ0) is 19.4. The Labute approximate surface area is 157 Å². The number of nitrogens with one attached hydrogen (secondary N) is 2. The number of nitrogens with two attached hydrogens (primary N) is 1. The lowest BCUT2D eigenvalue weighted by Gasteiger charge is -2.11. The van der Waals surface area contributed by atoms with Gasteiger partial charge < -0.3 is 20.6 Å². The third kappa shape index (κ3) is 5.81. The molecule has 1 amide bonds. The van der Waals surface area contributed by atoms with Crippen LogP contribution in [0.25, 0.3) is 0 Å². The van der Waals surface area contributed by atoms with Crippen molar-refractivity contribution in [2.24, 2.45) is 11.7 Å². The third-order valence-corrected chi connectivity index (χ3v) is 4.45. The first-order chi connectivity index (χ1) is 12.8. The topological polar surface area (TPSA) is 136 Å². The molecule has 0 spiro atoms. The van der Waals surface area contributed by atoms with Gasteiger partial charge in [0.25, 0.3) is 5.91 Å². The van der Waals surface area contributed by atoms with E-state index in [1.54, 1.807) is 12.1 Å². The minimum atomic E-state index is -3.58. The highest BCUT2D eigenvalue weighted by Crippen LogP contribution is 2.32. The summed E-state index contributed by atoms with van der Waals surface area (Å²) < 4.78 is 27.0. The van der Waals surface area contributed by atoms with Crippen LogP contribution in [0.15, 0.2) is 30.5 Å². The first-order valence-electron chi connectivity index (χ1n) is 8.47. The summed E-state index contributed by atoms with van der Waals surface area (Å²) in [6.07, 6.45) is 5.87. The van der Waals surface area contributed by atoms with Gasteiger partial charge in [-0.15, -0.1) is 0 Å². The van der Waals surface area contributed by atoms with E-state index in [1.165, 1.54) is 31.2 Å². The van der Waals surface area contributed by atoms with Crippen LogP contribution in [0, 0.1) is 5.92 Å². The summed E-state index contributed by atoms with van der Waals surface area (Å²) in [5.41, 5.74) is 6.25. The van der Waals surface area contributed by atoms with Crippen LogP contribution < -0.4 is 20.6 Å². The van der Waals surface area contributed by atoms with Crippen LogP contribution in [-0.4, -0.2) is 37.1 Å². The van der Waals surface area contributed by atoms with Gasteiger partial charge in [-0.25, -0.2) is 4.98 Å². The van der Waals surface area contributed by atoms with Crippen molar-refractivity contribution >= 4 is 33.5 Å². The van der Waals surface area contributed by atoms with Crippen molar-refractivity contribution in [3.05, 3.63) is 36.0 Å². The molecule has 0 bridgehead atoms. The second kappa shape index (κ2) is 7.78. The molecular formula is C17H21N5O4S. The van der Waals surface area contributed by atoms with Crippen molar-refractivity contribution in [3.63, 3.8) is 0 Å². The number of amides is 1. The van der Waals surface area contributed by atoms with Crippen LogP contribution in [0.2, 0.25) is 0 Å². The Morgan fingerprint density at radius 3 is 2.59 bits per heavy atom. The van der Waals surface area contributed by atoms with Crippen molar-refractivity contribution in [2.45, 2.75) is 19.3 Å². The van der Waals surface area contributed by atoms with Gasteiger partial charge in [-0.1, -0.05) is 12.8 Å². The molecule has 9 nitrogen and oxygen atoms in total. The van der Waals surface area contributed by atoms with Gasteiger partial charge in [0.15, 0.2) is 0 Å². The minimum absolute atomic E-state index is 0.204. The van der Waals surface area contributed by atoms with Crippen molar-refractivity contribution in [3.8, 4) is 5.75 Å². The molecular weight excluding hydrogens is 370 g/mol.